The lowest BCUT2D eigenvalue weighted by atomic mass is 10.1. The molecule has 0 spiro atoms. The maximum Gasteiger partial charge on any atom is 0.170 e. The van der Waals surface area contributed by atoms with Crippen LogP contribution in [-0.4, -0.2) is 18.1 Å². The molecule has 0 radical (unpaired) electrons. The quantitative estimate of drug-likeness (QED) is 0.908. The number of aromatic hydroxyl groups is 1. The zero-order chi connectivity index (χ0) is 14.8. The summed E-state index contributed by atoms with van der Waals surface area (Å²) in [6.07, 6.45) is 0. The molecule has 1 heterocycles. The van der Waals surface area contributed by atoms with Gasteiger partial charge >= 0.3 is 0 Å². The van der Waals surface area contributed by atoms with Crippen LogP contribution in [0.15, 0.2) is 66.0 Å². The Bertz CT molecular complexity index is 708. The first kappa shape index (κ1) is 13.1. The second-order valence-electron chi connectivity index (χ2n) is 4.55. The number of phenolic OH excluding ortho intramolecular Hbond substituents is 1. The Labute approximate surface area is 122 Å². The van der Waals surface area contributed by atoms with E-state index in [1.165, 1.54) is 0 Å². The van der Waals surface area contributed by atoms with Crippen molar-refractivity contribution in [1.82, 2.24) is 5.43 Å². The Hall–Kier alpha value is -2.95. The highest BCUT2D eigenvalue weighted by molar-refractivity contribution is 6.14. The SMILES string of the molecule is C=C1NN=C(c2ccccc2OC)N1c1ccc(O)cc1. The molecule has 2 aromatic rings. The molecule has 0 aromatic heterocycles. The molecule has 0 saturated carbocycles. The minimum Gasteiger partial charge on any atom is -0.508 e. The van der Waals surface area contributed by atoms with Crippen LogP contribution in [0.2, 0.25) is 0 Å². The summed E-state index contributed by atoms with van der Waals surface area (Å²) >= 11 is 0. The molecule has 106 valence electrons. The number of nitrogens with zero attached hydrogens (tertiary/aromatic N) is 2. The summed E-state index contributed by atoms with van der Waals surface area (Å²) in [7, 11) is 1.63. The van der Waals surface area contributed by atoms with E-state index in [-0.39, 0.29) is 5.75 Å². The minimum absolute atomic E-state index is 0.215. The molecule has 2 aromatic carbocycles. The first-order chi connectivity index (χ1) is 10.2. The predicted octanol–water partition coefficient (Wildman–Crippen LogP) is 2.64. The second kappa shape index (κ2) is 5.20. The van der Waals surface area contributed by atoms with Crippen LogP contribution >= 0.6 is 0 Å². The average Bonchev–Trinajstić information content (AvgIpc) is 2.90. The van der Waals surface area contributed by atoms with Crippen LogP contribution in [0, 0.1) is 0 Å². The number of amidine groups is 1. The third-order valence-electron chi connectivity index (χ3n) is 3.23. The molecule has 0 fully saturated rings. The molecule has 5 heteroatoms. The highest BCUT2D eigenvalue weighted by atomic mass is 16.5. The molecular formula is C16H15N3O2. The number of benzene rings is 2. The van der Waals surface area contributed by atoms with E-state index in [0.29, 0.717) is 11.7 Å². The predicted molar refractivity (Wildman–Crippen MR) is 82.4 cm³/mol. The van der Waals surface area contributed by atoms with Crippen LogP contribution < -0.4 is 15.1 Å². The van der Waals surface area contributed by atoms with Gasteiger partial charge in [-0.25, -0.2) is 0 Å². The summed E-state index contributed by atoms with van der Waals surface area (Å²) in [5.74, 6) is 2.29. The summed E-state index contributed by atoms with van der Waals surface area (Å²) < 4.78 is 5.39. The topological polar surface area (TPSA) is 57.1 Å². The molecule has 0 saturated heterocycles. The Kier molecular flexibility index (Phi) is 3.23. The van der Waals surface area contributed by atoms with E-state index in [0.717, 1.165) is 17.0 Å². The Morgan fingerprint density at radius 2 is 1.86 bits per heavy atom. The van der Waals surface area contributed by atoms with Crippen LogP contribution in [0.5, 0.6) is 11.5 Å². The van der Waals surface area contributed by atoms with Crippen LogP contribution in [0.1, 0.15) is 5.56 Å². The van der Waals surface area contributed by atoms with E-state index in [1.807, 2.05) is 29.2 Å². The van der Waals surface area contributed by atoms with Crippen molar-refractivity contribution in [3.8, 4) is 11.5 Å². The zero-order valence-corrected chi connectivity index (χ0v) is 11.6. The zero-order valence-electron chi connectivity index (χ0n) is 11.6. The van der Waals surface area contributed by atoms with Gasteiger partial charge in [0.15, 0.2) is 5.84 Å². The third kappa shape index (κ3) is 2.29. The highest BCUT2D eigenvalue weighted by Gasteiger charge is 2.26. The summed E-state index contributed by atoms with van der Waals surface area (Å²) in [5.41, 5.74) is 4.60. The number of anilines is 1. The highest BCUT2D eigenvalue weighted by Crippen LogP contribution is 2.29. The second-order valence-corrected chi connectivity index (χ2v) is 4.55. The monoisotopic (exact) mass is 281 g/mol. The molecule has 5 nitrogen and oxygen atoms in total. The van der Waals surface area contributed by atoms with Crippen molar-refractivity contribution in [3.63, 3.8) is 0 Å². The molecule has 3 rings (SSSR count). The number of nitrogens with one attached hydrogen (secondary N) is 1. The maximum atomic E-state index is 9.42. The van der Waals surface area contributed by atoms with Gasteiger partial charge < -0.3 is 9.84 Å². The van der Waals surface area contributed by atoms with Crippen molar-refractivity contribution >= 4 is 11.5 Å². The van der Waals surface area contributed by atoms with Gasteiger partial charge in [0.25, 0.3) is 0 Å². The van der Waals surface area contributed by atoms with Crippen LogP contribution in [-0.2, 0) is 0 Å². The van der Waals surface area contributed by atoms with Gasteiger partial charge in [0.2, 0.25) is 0 Å². The number of hydrogen-bond acceptors (Lipinski definition) is 5. The maximum absolute atomic E-state index is 9.42. The fourth-order valence-electron chi connectivity index (χ4n) is 2.24. The molecule has 0 bridgehead atoms. The largest absolute Gasteiger partial charge is 0.508 e. The van der Waals surface area contributed by atoms with Gasteiger partial charge in [-0.05, 0) is 36.4 Å². The normalized spacial score (nSPS) is 13.9. The number of hydrazone groups is 1. The average molecular weight is 281 g/mol. The van der Waals surface area contributed by atoms with E-state index in [4.69, 9.17) is 4.74 Å². The Morgan fingerprint density at radius 3 is 2.57 bits per heavy atom. The molecule has 2 N–H and O–H groups in total. The molecule has 0 atom stereocenters. The minimum atomic E-state index is 0.215. The van der Waals surface area contributed by atoms with Gasteiger partial charge in [-0.3, -0.25) is 10.3 Å². The van der Waals surface area contributed by atoms with Crippen molar-refractivity contribution in [2.24, 2.45) is 5.10 Å². The molecular weight excluding hydrogens is 266 g/mol. The first-order valence-electron chi connectivity index (χ1n) is 6.46. The van der Waals surface area contributed by atoms with E-state index in [2.05, 4.69) is 17.1 Å². The van der Waals surface area contributed by atoms with Crippen molar-refractivity contribution in [1.29, 1.82) is 0 Å². The van der Waals surface area contributed by atoms with Gasteiger partial charge in [0.05, 0.1) is 12.7 Å². The fourth-order valence-corrected chi connectivity index (χ4v) is 2.24. The number of phenols is 1. The van der Waals surface area contributed by atoms with Gasteiger partial charge in [-0.2, -0.15) is 5.10 Å². The fraction of sp³-hybridized carbons (Fsp3) is 0.0625. The Morgan fingerprint density at radius 1 is 1.14 bits per heavy atom. The number of methoxy groups -OCH3 is 1. The number of hydrogen-bond donors (Lipinski definition) is 2. The van der Waals surface area contributed by atoms with E-state index < -0.39 is 0 Å². The first-order valence-corrected chi connectivity index (χ1v) is 6.46. The van der Waals surface area contributed by atoms with Crippen molar-refractivity contribution in [2.75, 3.05) is 12.0 Å². The van der Waals surface area contributed by atoms with Crippen LogP contribution in [0.25, 0.3) is 0 Å². The summed E-state index contributed by atoms with van der Waals surface area (Å²) in [6.45, 7) is 3.96. The van der Waals surface area contributed by atoms with Gasteiger partial charge in [0, 0.05) is 5.69 Å². The standard InChI is InChI=1S/C16H15N3O2/c1-11-17-18-16(14-5-3-4-6-15(14)21-2)19(11)12-7-9-13(20)10-8-12/h3-10,17,20H,1H2,2H3. The van der Waals surface area contributed by atoms with Crippen molar-refractivity contribution in [3.05, 3.63) is 66.5 Å². The Balaban J connectivity index is 2.05. The van der Waals surface area contributed by atoms with Gasteiger partial charge in [-0.1, -0.05) is 18.7 Å². The molecule has 0 amide bonds. The lowest BCUT2D eigenvalue weighted by Crippen LogP contribution is -2.27. The summed E-state index contributed by atoms with van der Waals surface area (Å²) in [5, 5.41) is 13.8. The lowest BCUT2D eigenvalue weighted by molar-refractivity contribution is 0.414. The molecule has 0 unspecified atom stereocenters. The molecule has 0 aliphatic carbocycles. The van der Waals surface area contributed by atoms with E-state index in [9.17, 15) is 5.11 Å². The van der Waals surface area contributed by atoms with E-state index >= 15 is 0 Å². The summed E-state index contributed by atoms with van der Waals surface area (Å²) in [6, 6.07) is 14.5. The number of ether oxygens (including phenoxy) is 1. The lowest BCUT2D eigenvalue weighted by Gasteiger charge is -2.21. The molecule has 21 heavy (non-hydrogen) atoms. The summed E-state index contributed by atoms with van der Waals surface area (Å²) in [4.78, 5) is 1.87. The van der Waals surface area contributed by atoms with Crippen molar-refractivity contribution in [2.45, 2.75) is 0 Å². The van der Waals surface area contributed by atoms with Gasteiger partial charge in [-0.15, -0.1) is 0 Å². The number of para-hydroxylation sites is 1. The van der Waals surface area contributed by atoms with Crippen molar-refractivity contribution < 1.29 is 9.84 Å². The van der Waals surface area contributed by atoms with Crippen LogP contribution in [0.3, 0.4) is 0 Å². The molecule has 1 aliphatic rings. The molecule has 1 aliphatic heterocycles. The smallest absolute Gasteiger partial charge is 0.170 e. The van der Waals surface area contributed by atoms with Crippen LogP contribution in [0.4, 0.5) is 5.69 Å². The van der Waals surface area contributed by atoms with E-state index in [1.54, 1.807) is 31.4 Å². The number of rotatable bonds is 3. The third-order valence-corrected chi connectivity index (χ3v) is 3.23. The van der Waals surface area contributed by atoms with Gasteiger partial charge in [0.1, 0.15) is 17.3 Å².